The van der Waals surface area contributed by atoms with Crippen molar-refractivity contribution in [2.75, 3.05) is 26.1 Å². The van der Waals surface area contributed by atoms with Gasteiger partial charge in [0.1, 0.15) is 0 Å². The topological polar surface area (TPSA) is 29.5 Å². The van der Waals surface area contributed by atoms with E-state index in [1.54, 1.807) is 0 Å². The Balaban J connectivity index is 3.32. The molecule has 0 saturated carbocycles. The number of carbonyl (C=O) groups excluding carboxylic acids is 1. The number of benzene rings is 1. The first kappa shape index (κ1) is 13.6. The summed E-state index contributed by atoms with van der Waals surface area (Å²) in [6.45, 7) is 6.46. The number of anilines is 1. The Morgan fingerprint density at radius 2 is 1.82 bits per heavy atom. The highest BCUT2D eigenvalue weighted by molar-refractivity contribution is 5.96. The van der Waals surface area contributed by atoms with E-state index in [4.69, 9.17) is 4.74 Å². The minimum absolute atomic E-state index is 0.0689. The number of hydrogen-bond donors (Lipinski definition) is 0. The van der Waals surface area contributed by atoms with E-state index in [1.165, 1.54) is 12.7 Å². The summed E-state index contributed by atoms with van der Waals surface area (Å²) in [5.74, 6) is -0.297. The van der Waals surface area contributed by atoms with E-state index in [0.717, 1.165) is 5.69 Å². The van der Waals surface area contributed by atoms with Crippen LogP contribution < -0.4 is 4.90 Å². The average Bonchev–Trinajstić information content (AvgIpc) is 2.25. The van der Waals surface area contributed by atoms with Gasteiger partial charge >= 0.3 is 5.97 Å². The van der Waals surface area contributed by atoms with Crippen LogP contribution in [-0.2, 0) is 10.2 Å². The Morgan fingerprint density at radius 3 is 2.24 bits per heavy atom. The van der Waals surface area contributed by atoms with Crippen molar-refractivity contribution in [1.29, 1.82) is 0 Å². The Labute approximate surface area is 103 Å². The van der Waals surface area contributed by atoms with E-state index in [2.05, 4.69) is 20.8 Å². The highest BCUT2D eigenvalue weighted by atomic mass is 16.5. The molecule has 1 aromatic carbocycles. The lowest BCUT2D eigenvalue weighted by molar-refractivity contribution is 0.0601. The molecule has 0 atom stereocenters. The smallest absolute Gasteiger partial charge is 0.339 e. The number of carbonyl (C=O) groups is 1. The van der Waals surface area contributed by atoms with Crippen molar-refractivity contribution in [2.45, 2.75) is 26.2 Å². The number of esters is 1. The molecule has 0 aliphatic carbocycles. The minimum atomic E-state index is -0.297. The molecule has 0 unspecified atom stereocenters. The molecule has 0 aromatic heterocycles. The fourth-order valence-corrected chi connectivity index (χ4v) is 1.65. The molecule has 1 aromatic rings. The lowest BCUT2D eigenvalue weighted by Gasteiger charge is -2.23. The molecule has 0 aliphatic rings. The zero-order valence-corrected chi connectivity index (χ0v) is 11.5. The number of rotatable bonds is 2. The van der Waals surface area contributed by atoms with E-state index in [1.807, 2.05) is 37.2 Å². The van der Waals surface area contributed by atoms with Crippen LogP contribution in [0.5, 0.6) is 0 Å². The lowest BCUT2D eigenvalue weighted by atomic mass is 9.86. The number of methoxy groups -OCH3 is 1. The third-order valence-corrected chi connectivity index (χ3v) is 2.75. The van der Waals surface area contributed by atoms with Crippen molar-refractivity contribution in [3.8, 4) is 0 Å². The minimum Gasteiger partial charge on any atom is -0.465 e. The normalized spacial score (nSPS) is 11.2. The van der Waals surface area contributed by atoms with Gasteiger partial charge in [0.15, 0.2) is 0 Å². The second-order valence-electron chi connectivity index (χ2n) is 5.37. The monoisotopic (exact) mass is 235 g/mol. The maximum absolute atomic E-state index is 11.7. The number of ether oxygens (including phenoxy) is 1. The number of hydrogen-bond acceptors (Lipinski definition) is 3. The Hall–Kier alpha value is -1.51. The summed E-state index contributed by atoms with van der Waals surface area (Å²) in [6.07, 6.45) is 0. The molecule has 1 rings (SSSR count). The Morgan fingerprint density at radius 1 is 1.24 bits per heavy atom. The van der Waals surface area contributed by atoms with Gasteiger partial charge in [-0.3, -0.25) is 0 Å². The van der Waals surface area contributed by atoms with Crippen LogP contribution in [0.1, 0.15) is 36.7 Å². The van der Waals surface area contributed by atoms with Crippen LogP contribution in [0.15, 0.2) is 18.2 Å². The van der Waals surface area contributed by atoms with Crippen molar-refractivity contribution in [3.05, 3.63) is 29.3 Å². The fraction of sp³-hybridized carbons (Fsp3) is 0.500. The summed E-state index contributed by atoms with van der Waals surface area (Å²) in [6, 6.07) is 5.87. The molecule has 17 heavy (non-hydrogen) atoms. The second kappa shape index (κ2) is 4.78. The molecule has 0 fully saturated rings. The van der Waals surface area contributed by atoms with E-state index < -0.39 is 0 Å². The molecule has 0 saturated heterocycles. The van der Waals surface area contributed by atoms with Gasteiger partial charge in [0.2, 0.25) is 0 Å². The standard InChI is InChI=1S/C14H21NO2/c1-14(2,3)10-7-8-11(13(16)17-6)12(9-10)15(4)5/h7-9H,1-6H3. The van der Waals surface area contributed by atoms with Crippen molar-refractivity contribution >= 4 is 11.7 Å². The van der Waals surface area contributed by atoms with E-state index in [9.17, 15) is 4.79 Å². The number of nitrogens with zero attached hydrogens (tertiary/aromatic N) is 1. The summed E-state index contributed by atoms with van der Waals surface area (Å²) in [7, 11) is 5.25. The van der Waals surface area contributed by atoms with Crippen LogP contribution in [0, 0.1) is 0 Å². The van der Waals surface area contributed by atoms with Gasteiger partial charge in [-0.05, 0) is 23.1 Å². The molecule has 0 aliphatic heterocycles. The maximum atomic E-state index is 11.7. The van der Waals surface area contributed by atoms with Crippen LogP contribution in [0.25, 0.3) is 0 Å². The van der Waals surface area contributed by atoms with Crippen molar-refractivity contribution < 1.29 is 9.53 Å². The van der Waals surface area contributed by atoms with Crippen LogP contribution in [0.4, 0.5) is 5.69 Å². The summed E-state index contributed by atoms with van der Waals surface area (Å²) in [4.78, 5) is 13.6. The summed E-state index contributed by atoms with van der Waals surface area (Å²) < 4.78 is 4.79. The molecule has 0 amide bonds. The molecule has 3 nitrogen and oxygen atoms in total. The molecule has 0 radical (unpaired) electrons. The van der Waals surface area contributed by atoms with Gasteiger partial charge in [-0.25, -0.2) is 4.79 Å². The molecule has 0 spiro atoms. The summed E-state index contributed by atoms with van der Waals surface area (Å²) in [5, 5.41) is 0. The van der Waals surface area contributed by atoms with Gasteiger partial charge in [-0.15, -0.1) is 0 Å². The predicted octanol–water partition coefficient (Wildman–Crippen LogP) is 2.84. The fourth-order valence-electron chi connectivity index (χ4n) is 1.65. The van der Waals surface area contributed by atoms with Gasteiger partial charge in [-0.1, -0.05) is 26.8 Å². The zero-order valence-electron chi connectivity index (χ0n) is 11.5. The quantitative estimate of drug-likeness (QED) is 0.738. The second-order valence-corrected chi connectivity index (χ2v) is 5.37. The molecule has 0 bridgehead atoms. The first-order valence-corrected chi connectivity index (χ1v) is 5.67. The van der Waals surface area contributed by atoms with Crippen LogP contribution in [0.3, 0.4) is 0 Å². The lowest BCUT2D eigenvalue weighted by Crippen LogP contribution is -2.18. The highest BCUT2D eigenvalue weighted by Crippen LogP contribution is 2.28. The Bertz CT molecular complexity index is 417. The highest BCUT2D eigenvalue weighted by Gasteiger charge is 2.19. The molecule has 3 heteroatoms. The molecular formula is C14H21NO2. The van der Waals surface area contributed by atoms with E-state index in [0.29, 0.717) is 5.56 Å². The van der Waals surface area contributed by atoms with Crippen molar-refractivity contribution in [2.24, 2.45) is 0 Å². The molecule has 0 heterocycles. The summed E-state index contributed by atoms with van der Waals surface area (Å²) in [5.41, 5.74) is 2.77. The van der Waals surface area contributed by atoms with Crippen LogP contribution >= 0.6 is 0 Å². The Kier molecular flexibility index (Phi) is 3.81. The van der Waals surface area contributed by atoms with Gasteiger partial charge in [-0.2, -0.15) is 0 Å². The van der Waals surface area contributed by atoms with Gasteiger partial charge in [0.05, 0.1) is 18.4 Å². The maximum Gasteiger partial charge on any atom is 0.339 e. The largest absolute Gasteiger partial charge is 0.465 e. The molecule has 0 N–H and O–H groups in total. The van der Waals surface area contributed by atoms with Gasteiger partial charge < -0.3 is 9.64 Å². The first-order valence-electron chi connectivity index (χ1n) is 5.67. The zero-order chi connectivity index (χ0) is 13.2. The predicted molar refractivity (Wildman–Crippen MR) is 70.8 cm³/mol. The molecule has 94 valence electrons. The van der Waals surface area contributed by atoms with Crippen LogP contribution in [0.2, 0.25) is 0 Å². The van der Waals surface area contributed by atoms with Crippen molar-refractivity contribution in [1.82, 2.24) is 0 Å². The average molecular weight is 235 g/mol. The van der Waals surface area contributed by atoms with Crippen LogP contribution in [-0.4, -0.2) is 27.2 Å². The third-order valence-electron chi connectivity index (χ3n) is 2.75. The first-order chi connectivity index (χ1) is 7.77. The van der Waals surface area contributed by atoms with Gasteiger partial charge in [0, 0.05) is 14.1 Å². The third kappa shape index (κ3) is 2.99. The van der Waals surface area contributed by atoms with E-state index >= 15 is 0 Å². The molecular weight excluding hydrogens is 214 g/mol. The van der Waals surface area contributed by atoms with E-state index in [-0.39, 0.29) is 11.4 Å². The SMILES string of the molecule is COC(=O)c1ccc(C(C)(C)C)cc1N(C)C. The summed E-state index contributed by atoms with van der Waals surface area (Å²) >= 11 is 0. The van der Waals surface area contributed by atoms with Crippen molar-refractivity contribution in [3.63, 3.8) is 0 Å². The van der Waals surface area contributed by atoms with Gasteiger partial charge in [0.25, 0.3) is 0 Å².